The van der Waals surface area contributed by atoms with Crippen LogP contribution in [0.5, 0.6) is 0 Å². The van der Waals surface area contributed by atoms with Gasteiger partial charge in [0.1, 0.15) is 5.82 Å². The Kier molecular flexibility index (Phi) is 7.32. The Morgan fingerprint density at radius 3 is 2.56 bits per heavy atom. The van der Waals surface area contributed by atoms with Gasteiger partial charge in [-0.2, -0.15) is 4.31 Å². The highest BCUT2D eigenvalue weighted by Crippen LogP contribution is 2.24. The van der Waals surface area contributed by atoms with Gasteiger partial charge < -0.3 is 10.6 Å². The van der Waals surface area contributed by atoms with Gasteiger partial charge in [-0.25, -0.2) is 12.8 Å². The van der Waals surface area contributed by atoms with Crippen molar-refractivity contribution in [3.63, 3.8) is 0 Å². The van der Waals surface area contributed by atoms with E-state index < -0.39 is 21.8 Å². The molecule has 1 fully saturated rings. The van der Waals surface area contributed by atoms with Crippen LogP contribution >= 0.6 is 0 Å². The van der Waals surface area contributed by atoms with E-state index in [9.17, 15) is 22.4 Å². The Morgan fingerprint density at radius 1 is 1.26 bits per heavy atom. The van der Waals surface area contributed by atoms with Gasteiger partial charge >= 0.3 is 0 Å². The van der Waals surface area contributed by atoms with Crippen LogP contribution in [0.1, 0.15) is 33.1 Å². The van der Waals surface area contributed by atoms with E-state index in [1.807, 2.05) is 13.8 Å². The lowest BCUT2D eigenvalue weighted by Crippen LogP contribution is -2.46. The molecule has 0 unspecified atom stereocenters. The standard InChI is InChI=1S/C18H26FN3O4S/c1-13(2)21-17(23)9-10-20-18(24)14-4-3-11-22(12-14)27(25,26)16-7-5-15(19)6-8-16/h5-8,13-14H,3-4,9-12H2,1-2H3,(H,20,24)(H,21,23)/t14-/m0/s1. The molecular weight excluding hydrogens is 373 g/mol. The molecule has 1 aromatic rings. The van der Waals surface area contributed by atoms with Crippen LogP contribution in [-0.4, -0.2) is 50.2 Å². The predicted molar refractivity (Wildman–Crippen MR) is 98.8 cm³/mol. The third-order valence-corrected chi connectivity index (χ3v) is 6.19. The minimum atomic E-state index is -3.77. The number of halogens is 1. The molecule has 0 aromatic heterocycles. The number of sulfonamides is 1. The van der Waals surface area contributed by atoms with Gasteiger partial charge in [0.15, 0.2) is 0 Å². The number of carbonyl (C=O) groups excluding carboxylic acids is 2. The van der Waals surface area contributed by atoms with E-state index in [0.29, 0.717) is 19.4 Å². The molecule has 1 aliphatic heterocycles. The van der Waals surface area contributed by atoms with E-state index in [-0.39, 0.29) is 42.3 Å². The molecule has 1 aromatic carbocycles. The first-order valence-corrected chi connectivity index (χ1v) is 10.5. The average molecular weight is 399 g/mol. The molecule has 27 heavy (non-hydrogen) atoms. The molecule has 2 N–H and O–H groups in total. The number of hydrogen-bond donors (Lipinski definition) is 2. The summed E-state index contributed by atoms with van der Waals surface area (Å²) in [5.41, 5.74) is 0. The maximum atomic E-state index is 13.0. The Labute approximate surface area is 159 Å². The highest BCUT2D eigenvalue weighted by Gasteiger charge is 2.33. The molecule has 1 saturated heterocycles. The lowest BCUT2D eigenvalue weighted by atomic mass is 9.99. The van der Waals surface area contributed by atoms with Gasteiger partial charge in [-0.05, 0) is 51.0 Å². The quantitative estimate of drug-likeness (QED) is 0.722. The molecule has 150 valence electrons. The van der Waals surface area contributed by atoms with E-state index in [1.165, 1.54) is 16.4 Å². The Morgan fingerprint density at radius 2 is 1.93 bits per heavy atom. The molecule has 0 bridgehead atoms. The Balaban J connectivity index is 1.92. The van der Waals surface area contributed by atoms with Crippen molar-refractivity contribution < 1.29 is 22.4 Å². The monoisotopic (exact) mass is 399 g/mol. The molecule has 9 heteroatoms. The first kappa shape index (κ1) is 21.3. The fourth-order valence-electron chi connectivity index (χ4n) is 2.97. The zero-order valence-electron chi connectivity index (χ0n) is 15.6. The van der Waals surface area contributed by atoms with Crippen molar-refractivity contribution in [1.29, 1.82) is 0 Å². The van der Waals surface area contributed by atoms with Gasteiger partial charge in [-0.3, -0.25) is 9.59 Å². The van der Waals surface area contributed by atoms with Crippen molar-refractivity contribution in [2.75, 3.05) is 19.6 Å². The van der Waals surface area contributed by atoms with Crippen LogP contribution in [-0.2, 0) is 19.6 Å². The number of nitrogens with zero attached hydrogens (tertiary/aromatic N) is 1. The van der Waals surface area contributed by atoms with Gasteiger partial charge in [-0.1, -0.05) is 0 Å². The van der Waals surface area contributed by atoms with E-state index in [2.05, 4.69) is 10.6 Å². The van der Waals surface area contributed by atoms with Crippen molar-refractivity contribution in [1.82, 2.24) is 14.9 Å². The summed E-state index contributed by atoms with van der Waals surface area (Å²) in [6.07, 6.45) is 1.32. The molecule has 0 spiro atoms. The number of hydrogen-bond acceptors (Lipinski definition) is 4. The summed E-state index contributed by atoms with van der Waals surface area (Å²) >= 11 is 0. The third-order valence-electron chi connectivity index (χ3n) is 4.31. The smallest absolute Gasteiger partial charge is 0.243 e. The summed E-state index contributed by atoms with van der Waals surface area (Å²) in [6.45, 7) is 4.31. The van der Waals surface area contributed by atoms with Crippen molar-refractivity contribution in [2.45, 2.75) is 44.0 Å². The highest BCUT2D eigenvalue weighted by molar-refractivity contribution is 7.89. The number of benzene rings is 1. The number of piperidine rings is 1. The summed E-state index contributed by atoms with van der Waals surface area (Å²) in [5.74, 6) is -1.38. The second-order valence-corrected chi connectivity index (χ2v) is 8.86. The molecule has 1 atom stereocenters. The maximum absolute atomic E-state index is 13.0. The number of amides is 2. The van der Waals surface area contributed by atoms with Gasteiger partial charge in [0, 0.05) is 32.1 Å². The van der Waals surface area contributed by atoms with Crippen LogP contribution in [0, 0.1) is 11.7 Å². The molecule has 1 heterocycles. The number of carbonyl (C=O) groups is 2. The molecular formula is C18H26FN3O4S. The minimum absolute atomic E-state index is 0.00955. The maximum Gasteiger partial charge on any atom is 0.243 e. The molecule has 7 nitrogen and oxygen atoms in total. The molecule has 2 rings (SSSR count). The van der Waals surface area contributed by atoms with Gasteiger partial charge in [0.2, 0.25) is 21.8 Å². The van der Waals surface area contributed by atoms with E-state index in [1.54, 1.807) is 0 Å². The van der Waals surface area contributed by atoms with Crippen molar-refractivity contribution >= 4 is 21.8 Å². The Bertz CT molecular complexity index is 765. The zero-order chi connectivity index (χ0) is 20.0. The van der Waals surface area contributed by atoms with Crippen LogP contribution in [0.15, 0.2) is 29.2 Å². The van der Waals surface area contributed by atoms with E-state index in [0.717, 1.165) is 12.1 Å². The fraction of sp³-hybridized carbons (Fsp3) is 0.556. The number of nitrogens with one attached hydrogen (secondary N) is 2. The Hall–Kier alpha value is -2.00. The summed E-state index contributed by atoms with van der Waals surface area (Å²) in [5, 5.41) is 5.45. The zero-order valence-corrected chi connectivity index (χ0v) is 16.4. The van der Waals surface area contributed by atoms with Gasteiger partial charge in [0.05, 0.1) is 10.8 Å². The second-order valence-electron chi connectivity index (χ2n) is 6.92. The third kappa shape index (κ3) is 6.00. The first-order chi connectivity index (χ1) is 12.7. The number of rotatable bonds is 7. The average Bonchev–Trinajstić information content (AvgIpc) is 2.61. The summed E-state index contributed by atoms with van der Waals surface area (Å²) < 4.78 is 39.7. The highest BCUT2D eigenvalue weighted by atomic mass is 32.2. The van der Waals surface area contributed by atoms with Crippen LogP contribution in [0.2, 0.25) is 0 Å². The van der Waals surface area contributed by atoms with Crippen LogP contribution in [0.3, 0.4) is 0 Å². The summed E-state index contributed by atoms with van der Waals surface area (Å²) in [4.78, 5) is 24.0. The summed E-state index contributed by atoms with van der Waals surface area (Å²) in [7, 11) is -3.77. The largest absolute Gasteiger partial charge is 0.355 e. The van der Waals surface area contributed by atoms with Crippen LogP contribution in [0.25, 0.3) is 0 Å². The minimum Gasteiger partial charge on any atom is -0.355 e. The SMILES string of the molecule is CC(C)NC(=O)CCNC(=O)[C@H]1CCCN(S(=O)(=O)c2ccc(F)cc2)C1. The van der Waals surface area contributed by atoms with Crippen molar-refractivity contribution in [2.24, 2.45) is 5.92 Å². The van der Waals surface area contributed by atoms with Crippen LogP contribution < -0.4 is 10.6 Å². The van der Waals surface area contributed by atoms with Gasteiger partial charge in [-0.15, -0.1) is 0 Å². The fourth-order valence-corrected chi connectivity index (χ4v) is 4.49. The van der Waals surface area contributed by atoms with Gasteiger partial charge in [0.25, 0.3) is 0 Å². The molecule has 0 radical (unpaired) electrons. The molecule has 2 amide bonds. The van der Waals surface area contributed by atoms with E-state index in [4.69, 9.17) is 0 Å². The topological polar surface area (TPSA) is 95.6 Å². The lowest BCUT2D eigenvalue weighted by molar-refractivity contribution is -0.126. The summed E-state index contributed by atoms with van der Waals surface area (Å²) in [6, 6.07) is 4.69. The second kappa shape index (κ2) is 9.27. The first-order valence-electron chi connectivity index (χ1n) is 9.03. The van der Waals surface area contributed by atoms with Crippen molar-refractivity contribution in [3.05, 3.63) is 30.1 Å². The predicted octanol–water partition coefficient (Wildman–Crippen LogP) is 1.26. The molecule has 0 aliphatic carbocycles. The molecule has 0 saturated carbocycles. The lowest BCUT2D eigenvalue weighted by Gasteiger charge is -2.31. The van der Waals surface area contributed by atoms with Crippen molar-refractivity contribution in [3.8, 4) is 0 Å². The molecule has 1 aliphatic rings. The normalized spacial score (nSPS) is 18.3. The van der Waals surface area contributed by atoms with E-state index >= 15 is 0 Å². The van der Waals surface area contributed by atoms with Crippen LogP contribution in [0.4, 0.5) is 4.39 Å².